The van der Waals surface area contributed by atoms with Crippen molar-refractivity contribution >= 4 is 17.3 Å². The second kappa shape index (κ2) is 8.35. The summed E-state index contributed by atoms with van der Waals surface area (Å²) in [7, 11) is 0. The van der Waals surface area contributed by atoms with E-state index in [4.69, 9.17) is 0 Å². The first kappa shape index (κ1) is 18.4. The molecule has 1 heterocycles. The molecular formula is C20H16F3N3O. The smallest absolute Gasteiger partial charge is 0.269 e. The molecule has 138 valence electrons. The molecule has 0 unspecified atom stereocenters. The van der Waals surface area contributed by atoms with Gasteiger partial charge in [0.25, 0.3) is 5.91 Å². The molecule has 3 aromatic rings. The highest BCUT2D eigenvalue weighted by Crippen LogP contribution is 2.23. The van der Waals surface area contributed by atoms with Gasteiger partial charge in [0.05, 0.1) is 17.6 Å². The van der Waals surface area contributed by atoms with Gasteiger partial charge in [0.1, 0.15) is 5.69 Å². The Bertz CT molecular complexity index is 931. The van der Waals surface area contributed by atoms with Crippen molar-refractivity contribution in [3.05, 3.63) is 89.5 Å². The van der Waals surface area contributed by atoms with Crippen LogP contribution < -0.4 is 10.6 Å². The van der Waals surface area contributed by atoms with Crippen molar-refractivity contribution in [2.75, 3.05) is 11.9 Å². The molecule has 0 bridgehead atoms. The van der Waals surface area contributed by atoms with Gasteiger partial charge in [-0.1, -0.05) is 30.3 Å². The molecule has 0 spiro atoms. The van der Waals surface area contributed by atoms with E-state index in [-0.39, 0.29) is 17.3 Å². The number of nitrogens with one attached hydrogen (secondary N) is 2. The predicted octanol–water partition coefficient (Wildman–Crippen LogP) is 4.22. The Kier molecular flexibility index (Phi) is 5.71. The van der Waals surface area contributed by atoms with Crippen LogP contribution in [0.25, 0.3) is 0 Å². The number of aromatic nitrogens is 1. The molecule has 0 saturated carbocycles. The number of nitrogens with zero attached hydrogens (tertiary/aromatic N) is 1. The van der Waals surface area contributed by atoms with Gasteiger partial charge >= 0.3 is 0 Å². The van der Waals surface area contributed by atoms with E-state index >= 15 is 0 Å². The van der Waals surface area contributed by atoms with Crippen LogP contribution in [0.15, 0.2) is 60.8 Å². The first-order chi connectivity index (χ1) is 13.0. The van der Waals surface area contributed by atoms with Gasteiger partial charge in [0, 0.05) is 6.54 Å². The monoisotopic (exact) mass is 371 g/mol. The largest absolute Gasteiger partial charge is 0.352 e. The van der Waals surface area contributed by atoms with Gasteiger partial charge in [-0.3, -0.25) is 4.79 Å². The van der Waals surface area contributed by atoms with Gasteiger partial charge in [-0.2, -0.15) is 0 Å². The maximum Gasteiger partial charge on any atom is 0.269 e. The van der Waals surface area contributed by atoms with Gasteiger partial charge in [-0.05, 0) is 36.2 Å². The van der Waals surface area contributed by atoms with E-state index in [9.17, 15) is 18.0 Å². The number of benzene rings is 2. The lowest BCUT2D eigenvalue weighted by molar-refractivity contribution is 0.0949. The summed E-state index contributed by atoms with van der Waals surface area (Å²) < 4.78 is 39.9. The van der Waals surface area contributed by atoms with E-state index in [2.05, 4.69) is 15.6 Å². The molecule has 0 fully saturated rings. The lowest BCUT2D eigenvalue weighted by atomic mass is 10.1. The van der Waals surface area contributed by atoms with Crippen molar-refractivity contribution in [1.29, 1.82) is 0 Å². The average molecular weight is 371 g/mol. The maximum atomic E-state index is 13.7. The van der Waals surface area contributed by atoms with Crippen molar-refractivity contribution in [3.8, 4) is 0 Å². The number of amides is 1. The second-order valence-electron chi connectivity index (χ2n) is 5.77. The number of halogens is 3. The first-order valence-corrected chi connectivity index (χ1v) is 8.23. The van der Waals surface area contributed by atoms with Crippen LogP contribution in [0, 0.1) is 17.5 Å². The highest BCUT2D eigenvalue weighted by atomic mass is 19.2. The highest BCUT2D eigenvalue weighted by molar-refractivity contribution is 5.92. The van der Waals surface area contributed by atoms with E-state index in [1.165, 1.54) is 18.3 Å². The summed E-state index contributed by atoms with van der Waals surface area (Å²) in [4.78, 5) is 16.1. The molecule has 4 nitrogen and oxygen atoms in total. The van der Waals surface area contributed by atoms with E-state index in [1.807, 2.05) is 30.3 Å². The van der Waals surface area contributed by atoms with Gasteiger partial charge < -0.3 is 10.6 Å². The van der Waals surface area contributed by atoms with E-state index in [0.29, 0.717) is 18.7 Å². The summed E-state index contributed by atoms with van der Waals surface area (Å²) in [5, 5.41) is 5.36. The minimum atomic E-state index is -1.55. The SMILES string of the molecule is O=C(NCCc1ccccc1)c1ccc(Nc2ccc(F)c(F)c2F)cn1. The summed E-state index contributed by atoms with van der Waals surface area (Å²) in [5.74, 6) is -4.48. The Balaban J connectivity index is 1.58. The van der Waals surface area contributed by atoms with Gasteiger partial charge in [-0.15, -0.1) is 0 Å². The van der Waals surface area contributed by atoms with Crippen LogP contribution in [0.2, 0.25) is 0 Å². The summed E-state index contributed by atoms with van der Waals surface area (Å²) in [6.07, 6.45) is 2.01. The summed E-state index contributed by atoms with van der Waals surface area (Å²) >= 11 is 0. The Morgan fingerprint density at radius 3 is 2.41 bits per heavy atom. The molecule has 0 saturated heterocycles. The number of carbonyl (C=O) groups excluding carboxylic acids is 1. The van der Waals surface area contributed by atoms with Gasteiger partial charge in [0.15, 0.2) is 17.5 Å². The number of rotatable bonds is 6. The molecule has 3 rings (SSSR count). The highest BCUT2D eigenvalue weighted by Gasteiger charge is 2.14. The second-order valence-corrected chi connectivity index (χ2v) is 5.77. The van der Waals surface area contributed by atoms with Crippen molar-refractivity contribution in [1.82, 2.24) is 10.3 Å². The first-order valence-electron chi connectivity index (χ1n) is 8.23. The lowest BCUT2D eigenvalue weighted by Crippen LogP contribution is -2.26. The Morgan fingerprint density at radius 2 is 1.70 bits per heavy atom. The molecule has 0 atom stereocenters. The fraction of sp³-hybridized carbons (Fsp3) is 0.100. The zero-order valence-electron chi connectivity index (χ0n) is 14.2. The minimum Gasteiger partial charge on any atom is -0.352 e. The van der Waals surface area contributed by atoms with Crippen LogP contribution in [-0.2, 0) is 6.42 Å². The predicted molar refractivity (Wildman–Crippen MR) is 96.3 cm³/mol. The molecule has 0 aliphatic carbocycles. The number of carbonyl (C=O) groups is 1. The number of hydrogen-bond donors (Lipinski definition) is 2. The van der Waals surface area contributed by atoms with E-state index in [1.54, 1.807) is 0 Å². The van der Waals surface area contributed by atoms with E-state index in [0.717, 1.165) is 17.7 Å². The van der Waals surface area contributed by atoms with E-state index < -0.39 is 17.5 Å². The fourth-order valence-corrected chi connectivity index (χ4v) is 2.44. The molecule has 7 heteroatoms. The molecular weight excluding hydrogens is 355 g/mol. The zero-order valence-corrected chi connectivity index (χ0v) is 14.2. The molecule has 27 heavy (non-hydrogen) atoms. The third-order valence-electron chi connectivity index (χ3n) is 3.85. The van der Waals surface area contributed by atoms with Crippen molar-refractivity contribution in [2.45, 2.75) is 6.42 Å². The fourth-order valence-electron chi connectivity index (χ4n) is 2.44. The average Bonchev–Trinajstić information content (AvgIpc) is 2.70. The van der Waals surface area contributed by atoms with Crippen molar-refractivity contribution in [2.24, 2.45) is 0 Å². The van der Waals surface area contributed by atoms with Gasteiger partial charge in [0.2, 0.25) is 0 Å². The van der Waals surface area contributed by atoms with Crippen LogP contribution in [0.5, 0.6) is 0 Å². The molecule has 2 N–H and O–H groups in total. The number of anilines is 2. The molecule has 2 aromatic carbocycles. The summed E-state index contributed by atoms with van der Waals surface area (Å²) in [5.41, 5.74) is 1.41. The van der Waals surface area contributed by atoms with Crippen LogP contribution in [0.3, 0.4) is 0 Å². The van der Waals surface area contributed by atoms with Crippen molar-refractivity contribution < 1.29 is 18.0 Å². The Hall–Kier alpha value is -3.35. The molecule has 0 aliphatic heterocycles. The number of pyridine rings is 1. The quantitative estimate of drug-likeness (QED) is 0.638. The minimum absolute atomic E-state index is 0.194. The third kappa shape index (κ3) is 4.63. The normalized spacial score (nSPS) is 10.5. The topological polar surface area (TPSA) is 54.0 Å². The molecule has 0 aliphatic rings. The van der Waals surface area contributed by atoms with Crippen LogP contribution in [0.4, 0.5) is 24.5 Å². The number of hydrogen-bond acceptors (Lipinski definition) is 3. The summed E-state index contributed by atoms with van der Waals surface area (Å²) in [6.45, 7) is 0.463. The lowest BCUT2D eigenvalue weighted by Gasteiger charge is -2.09. The van der Waals surface area contributed by atoms with Crippen LogP contribution in [-0.4, -0.2) is 17.4 Å². The van der Waals surface area contributed by atoms with Crippen molar-refractivity contribution in [3.63, 3.8) is 0 Å². The van der Waals surface area contributed by atoms with Gasteiger partial charge in [-0.25, -0.2) is 18.2 Å². The Labute approximate surface area is 154 Å². The van der Waals surface area contributed by atoms with Crippen LogP contribution in [0.1, 0.15) is 16.1 Å². The zero-order chi connectivity index (χ0) is 19.2. The molecule has 1 amide bonds. The third-order valence-corrected chi connectivity index (χ3v) is 3.85. The Morgan fingerprint density at radius 1 is 0.926 bits per heavy atom. The summed E-state index contributed by atoms with van der Waals surface area (Å²) in [6, 6.07) is 14.6. The maximum absolute atomic E-state index is 13.7. The molecule has 0 radical (unpaired) electrons. The van der Waals surface area contributed by atoms with Crippen LogP contribution >= 0.6 is 0 Å². The standard InChI is InChI=1S/C20H16F3N3O/c21-15-7-9-16(19(23)18(15)22)26-14-6-8-17(25-12-14)20(27)24-11-10-13-4-2-1-3-5-13/h1-9,12,26H,10-11H2,(H,24,27). The molecule has 1 aromatic heterocycles.